The molecule has 0 unspecified atom stereocenters. The van der Waals surface area contributed by atoms with E-state index in [-0.39, 0.29) is 23.4 Å². The van der Waals surface area contributed by atoms with E-state index in [1.807, 2.05) is 19.1 Å². The van der Waals surface area contributed by atoms with Crippen molar-refractivity contribution in [1.29, 1.82) is 0 Å². The third-order valence-corrected chi connectivity index (χ3v) is 5.91. The van der Waals surface area contributed by atoms with Crippen molar-refractivity contribution in [1.82, 2.24) is 0 Å². The first-order valence-electron chi connectivity index (χ1n) is 9.26. The second-order valence-corrected chi connectivity index (χ2v) is 8.50. The van der Waals surface area contributed by atoms with Gasteiger partial charge in [0, 0.05) is 0 Å². The number of aromatic hydroxyl groups is 1. The summed E-state index contributed by atoms with van der Waals surface area (Å²) in [5.41, 5.74) is 2.74. The summed E-state index contributed by atoms with van der Waals surface area (Å²) in [4.78, 5) is 0. The van der Waals surface area contributed by atoms with Gasteiger partial charge in [-0.05, 0) is 86.3 Å². The van der Waals surface area contributed by atoms with Crippen LogP contribution in [0.3, 0.4) is 0 Å². The van der Waals surface area contributed by atoms with Gasteiger partial charge in [-0.1, -0.05) is 19.9 Å². The van der Waals surface area contributed by atoms with Gasteiger partial charge in [-0.15, -0.1) is 0 Å². The van der Waals surface area contributed by atoms with Crippen LogP contribution >= 0.6 is 0 Å². The van der Waals surface area contributed by atoms with Gasteiger partial charge in [0.25, 0.3) is 0 Å². The molecule has 2 atom stereocenters. The predicted octanol–water partition coefficient (Wildman–Crippen LogP) is 5.00. The molecule has 1 aromatic carbocycles. The lowest BCUT2D eigenvalue weighted by atomic mass is 9.66. The molecule has 1 heterocycles. The highest BCUT2D eigenvalue weighted by Gasteiger charge is 2.37. The molecule has 0 radical (unpaired) electrons. The number of aliphatic hydroxyl groups excluding tert-OH is 1. The number of ether oxygens (including phenoxy) is 1. The monoisotopic (exact) mass is 342 g/mol. The highest BCUT2D eigenvalue weighted by Crippen LogP contribution is 2.45. The normalized spacial score (nSPS) is 27.4. The molecule has 0 amide bonds. The summed E-state index contributed by atoms with van der Waals surface area (Å²) >= 11 is 0. The van der Waals surface area contributed by atoms with E-state index in [2.05, 4.69) is 32.9 Å². The molecule has 136 valence electrons. The van der Waals surface area contributed by atoms with Crippen molar-refractivity contribution in [3.63, 3.8) is 0 Å². The van der Waals surface area contributed by atoms with E-state index < -0.39 is 0 Å². The van der Waals surface area contributed by atoms with Gasteiger partial charge in [-0.25, -0.2) is 0 Å². The van der Waals surface area contributed by atoms with E-state index in [1.54, 1.807) is 6.07 Å². The Labute approximate surface area is 151 Å². The summed E-state index contributed by atoms with van der Waals surface area (Å²) in [6.07, 6.45) is 10.3. The summed E-state index contributed by atoms with van der Waals surface area (Å²) in [5.74, 6) is 1.41. The number of phenols is 1. The molecular weight excluding hydrogens is 312 g/mol. The first kappa shape index (κ1) is 18.1. The van der Waals surface area contributed by atoms with Gasteiger partial charge < -0.3 is 14.9 Å². The van der Waals surface area contributed by atoms with Gasteiger partial charge in [-0.3, -0.25) is 0 Å². The fourth-order valence-electron chi connectivity index (χ4n) is 4.31. The van der Waals surface area contributed by atoms with Crippen LogP contribution in [0, 0.1) is 18.3 Å². The summed E-state index contributed by atoms with van der Waals surface area (Å²) in [6, 6.07) is 3.75. The zero-order valence-electron chi connectivity index (χ0n) is 15.8. The molecule has 3 rings (SSSR count). The molecule has 3 heteroatoms. The van der Waals surface area contributed by atoms with E-state index in [0.717, 1.165) is 42.6 Å². The van der Waals surface area contributed by atoms with Gasteiger partial charge >= 0.3 is 0 Å². The highest BCUT2D eigenvalue weighted by molar-refractivity contribution is 5.67. The van der Waals surface area contributed by atoms with Gasteiger partial charge in [0.1, 0.15) is 17.1 Å². The van der Waals surface area contributed by atoms with E-state index >= 15 is 0 Å². The standard InChI is InChI=1S/C22H30O3/c1-15-12-19(24)17-7-10-22(4,25-20(17)13-15)11-8-18-16(14-23)6-5-9-21(18,2)3/h6-7,10,12-13,18,23-24H,5,8-9,11,14H2,1-4H3/t18-,22-/m1/s1. The van der Waals surface area contributed by atoms with Crippen LogP contribution in [0.2, 0.25) is 0 Å². The third-order valence-electron chi connectivity index (χ3n) is 5.91. The maximum Gasteiger partial charge on any atom is 0.131 e. The minimum atomic E-state index is -0.388. The molecular formula is C22H30O3. The Balaban J connectivity index is 1.77. The fourth-order valence-corrected chi connectivity index (χ4v) is 4.31. The topological polar surface area (TPSA) is 49.7 Å². The molecule has 0 bridgehead atoms. The largest absolute Gasteiger partial charge is 0.507 e. The van der Waals surface area contributed by atoms with E-state index in [9.17, 15) is 10.2 Å². The lowest BCUT2D eigenvalue weighted by Gasteiger charge is -2.41. The van der Waals surface area contributed by atoms with Crippen LogP contribution in [0.5, 0.6) is 11.5 Å². The van der Waals surface area contributed by atoms with Crippen LogP contribution < -0.4 is 4.74 Å². The van der Waals surface area contributed by atoms with Crippen LogP contribution in [-0.4, -0.2) is 22.4 Å². The number of hydrogen-bond donors (Lipinski definition) is 2. The molecule has 2 N–H and O–H groups in total. The van der Waals surface area contributed by atoms with Crippen molar-refractivity contribution >= 4 is 6.08 Å². The number of rotatable bonds is 4. The molecule has 1 aliphatic heterocycles. The van der Waals surface area contributed by atoms with Gasteiger partial charge in [-0.2, -0.15) is 0 Å². The number of hydrogen-bond acceptors (Lipinski definition) is 3. The van der Waals surface area contributed by atoms with Crippen LogP contribution in [0.4, 0.5) is 0 Å². The second-order valence-electron chi connectivity index (χ2n) is 8.50. The van der Waals surface area contributed by atoms with Crippen molar-refractivity contribution in [2.45, 2.75) is 59.0 Å². The number of aliphatic hydroxyl groups is 1. The van der Waals surface area contributed by atoms with Gasteiger partial charge in [0.15, 0.2) is 0 Å². The number of phenolic OH excluding ortho intramolecular Hbond substituents is 1. The van der Waals surface area contributed by atoms with E-state index in [0.29, 0.717) is 5.92 Å². The highest BCUT2D eigenvalue weighted by atomic mass is 16.5. The van der Waals surface area contributed by atoms with Gasteiger partial charge in [0.2, 0.25) is 0 Å². The molecule has 3 nitrogen and oxygen atoms in total. The molecule has 1 aliphatic carbocycles. The smallest absolute Gasteiger partial charge is 0.131 e. The van der Waals surface area contributed by atoms with Crippen LogP contribution in [0.25, 0.3) is 6.08 Å². The molecule has 0 saturated carbocycles. The molecule has 2 aliphatic rings. The van der Waals surface area contributed by atoms with E-state index in [1.165, 1.54) is 5.57 Å². The molecule has 1 aromatic rings. The van der Waals surface area contributed by atoms with Gasteiger partial charge in [0.05, 0.1) is 12.2 Å². The van der Waals surface area contributed by atoms with Crippen molar-refractivity contribution in [3.8, 4) is 11.5 Å². The molecule has 0 saturated heterocycles. The lowest BCUT2D eigenvalue weighted by Crippen LogP contribution is -2.36. The maximum atomic E-state index is 10.1. The summed E-state index contributed by atoms with van der Waals surface area (Å²) < 4.78 is 6.28. The Bertz CT molecular complexity index is 714. The molecule has 0 spiro atoms. The predicted molar refractivity (Wildman–Crippen MR) is 102 cm³/mol. The molecule has 0 aromatic heterocycles. The Morgan fingerprint density at radius 2 is 2.00 bits per heavy atom. The number of benzene rings is 1. The van der Waals surface area contributed by atoms with Crippen molar-refractivity contribution < 1.29 is 14.9 Å². The lowest BCUT2D eigenvalue weighted by molar-refractivity contribution is 0.0992. The SMILES string of the molecule is Cc1cc(O)c2c(c1)O[C@@](C)(CC[C@@H]1C(CO)=CCCC1(C)C)C=C2. The average molecular weight is 342 g/mol. The van der Waals surface area contributed by atoms with Crippen LogP contribution in [0.15, 0.2) is 29.9 Å². The average Bonchev–Trinajstić information content (AvgIpc) is 2.52. The van der Waals surface area contributed by atoms with Crippen LogP contribution in [-0.2, 0) is 0 Å². The summed E-state index contributed by atoms with van der Waals surface area (Å²) in [5, 5.41) is 19.9. The molecule has 0 fully saturated rings. The van der Waals surface area contributed by atoms with Crippen molar-refractivity contribution in [2.24, 2.45) is 11.3 Å². The number of allylic oxidation sites excluding steroid dienone is 1. The third kappa shape index (κ3) is 3.62. The maximum absolute atomic E-state index is 10.1. The number of aryl methyl sites for hydroxylation is 1. The van der Waals surface area contributed by atoms with E-state index in [4.69, 9.17) is 4.74 Å². The Hall–Kier alpha value is -1.74. The minimum Gasteiger partial charge on any atom is -0.507 e. The summed E-state index contributed by atoms with van der Waals surface area (Å²) in [7, 11) is 0. The zero-order valence-corrected chi connectivity index (χ0v) is 15.8. The fraction of sp³-hybridized carbons (Fsp3) is 0.545. The van der Waals surface area contributed by atoms with Crippen molar-refractivity contribution in [3.05, 3.63) is 41.0 Å². The Kier molecular flexibility index (Phi) is 4.72. The zero-order chi connectivity index (χ0) is 18.2. The first-order chi connectivity index (χ1) is 11.7. The Morgan fingerprint density at radius 1 is 1.24 bits per heavy atom. The van der Waals surface area contributed by atoms with Crippen molar-refractivity contribution in [2.75, 3.05) is 6.61 Å². The van der Waals surface area contributed by atoms with Crippen LogP contribution in [0.1, 0.15) is 57.6 Å². The quantitative estimate of drug-likeness (QED) is 0.757. The first-order valence-corrected chi connectivity index (χ1v) is 9.26. The number of fused-ring (bicyclic) bond motifs is 1. The summed E-state index contributed by atoms with van der Waals surface area (Å²) in [6.45, 7) is 8.82. The minimum absolute atomic E-state index is 0.150. The second kappa shape index (κ2) is 6.53. The Morgan fingerprint density at radius 3 is 2.72 bits per heavy atom. The molecule has 25 heavy (non-hydrogen) atoms.